The van der Waals surface area contributed by atoms with Crippen LogP contribution in [0.4, 0.5) is 0 Å². The van der Waals surface area contributed by atoms with Gasteiger partial charge in [-0.05, 0) is 55.7 Å². The fraction of sp³-hybridized carbons (Fsp3) is 0.269. The molecule has 0 aliphatic carbocycles. The van der Waals surface area contributed by atoms with Crippen molar-refractivity contribution in [3.05, 3.63) is 95.6 Å². The molecule has 0 radical (unpaired) electrons. The zero-order chi connectivity index (χ0) is 23.7. The molecule has 0 spiro atoms. The van der Waals surface area contributed by atoms with Crippen LogP contribution in [0.1, 0.15) is 30.0 Å². The highest BCUT2D eigenvalue weighted by atomic mass is 32.2. The molecule has 0 bridgehead atoms. The van der Waals surface area contributed by atoms with E-state index in [4.69, 9.17) is 8.92 Å². The molecule has 0 aliphatic heterocycles. The summed E-state index contributed by atoms with van der Waals surface area (Å²) >= 11 is 0. The predicted molar refractivity (Wildman–Crippen MR) is 127 cm³/mol. The number of carbonyl (C=O) groups is 1. The third kappa shape index (κ3) is 7.73. The van der Waals surface area contributed by atoms with Gasteiger partial charge in [0.25, 0.3) is 0 Å². The zero-order valence-corrected chi connectivity index (χ0v) is 19.7. The highest BCUT2D eigenvalue weighted by Gasteiger charge is 2.18. The normalized spacial score (nSPS) is 12.2. The number of carbonyl (C=O) groups excluding carboxylic acids is 1. The number of nitrogens with one attached hydrogen (secondary N) is 1. The average molecular weight is 468 g/mol. The Hall–Kier alpha value is -3.16. The van der Waals surface area contributed by atoms with Crippen LogP contribution in [0.5, 0.6) is 5.75 Å². The second-order valence-corrected chi connectivity index (χ2v) is 9.32. The Labute approximate surface area is 195 Å². The van der Waals surface area contributed by atoms with Crippen LogP contribution in [0.15, 0.2) is 83.8 Å². The molecule has 0 aromatic heterocycles. The second kappa shape index (κ2) is 11.6. The fourth-order valence-electron chi connectivity index (χ4n) is 3.34. The lowest BCUT2D eigenvalue weighted by molar-refractivity contribution is -0.143. The van der Waals surface area contributed by atoms with E-state index < -0.39 is 10.1 Å². The van der Waals surface area contributed by atoms with Crippen molar-refractivity contribution in [2.24, 2.45) is 0 Å². The summed E-state index contributed by atoms with van der Waals surface area (Å²) in [6.07, 6.45) is 0.817. The lowest BCUT2D eigenvalue weighted by Gasteiger charge is -2.18. The molecule has 1 N–H and O–H groups in total. The first kappa shape index (κ1) is 24.5. The van der Waals surface area contributed by atoms with Crippen LogP contribution >= 0.6 is 0 Å². The monoisotopic (exact) mass is 467 g/mol. The summed E-state index contributed by atoms with van der Waals surface area (Å²) in [5, 5.41) is 3.42. The zero-order valence-electron chi connectivity index (χ0n) is 18.9. The fourth-order valence-corrected chi connectivity index (χ4v) is 4.27. The first-order valence-corrected chi connectivity index (χ1v) is 12.3. The molecular formula is C26H29NO5S. The third-order valence-corrected chi connectivity index (χ3v) is 6.34. The summed E-state index contributed by atoms with van der Waals surface area (Å²) in [7, 11) is -3.90. The molecule has 33 heavy (non-hydrogen) atoms. The maximum atomic E-state index is 12.5. The number of hydrogen-bond donors (Lipinski definition) is 1. The Kier molecular flexibility index (Phi) is 8.63. The third-order valence-electron chi connectivity index (χ3n) is 5.08. The van der Waals surface area contributed by atoms with E-state index in [9.17, 15) is 13.2 Å². The van der Waals surface area contributed by atoms with Crippen LogP contribution in [0.25, 0.3) is 0 Å². The summed E-state index contributed by atoms with van der Waals surface area (Å²) in [6, 6.07) is 23.2. The van der Waals surface area contributed by atoms with Crippen LogP contribution in [0.3, 0.4) is 0 Å². The molecule has 1 atom stereocenters. The van der Waals surface area contributed by atoms with Crippen LogP contribution in [0, 0.1) is 6.92 Å². The van der Waals surface area contributed by atoms with E-state index in [2.05, 4.69) is 5.32 Å². The lowest BCUT2D eigenvalue weighted by Crippen LogP contribution is -2.33. The van der Waals surface area contributed by atoms with Gasteiger partial charge in [-0.25, -0.2) is 0 Å². The van der Waals surface area contributed by atoms with Gasteiger partial charge >= 0.3 is 16.1 Å². The Bertz CT molecular complexity index is 1130. The van der Waals surface area contributed by atoms with Crippen LogP contribution < -0.4 is 9.50 Å². The van der Waals surface area contributed by atoms with Crippen molar-refractivity contribution in [3.8, 4) is 5.75 Å². The van der Waals surface area contributed by atoms with Gasteiger partial charge in [0.1, 0.15) is 10.6 Å². The van der Waals surface area contributed by atoms with E-state index in [1.807, 2.05) is 49.4 Å². The molecule has 1 unspecified atom stereocenters. The average Bonchev–Trinajstić information content (AvgIpc) is 2.80. The second-order valence-electron chi connectivity index (χ2n) is 7.77. The van der Waals surface area contributed by atoms with Crippen LogP contribution in [-0.4, -0.2) is 27.0 Å². The maximum absolute atomic E-state index is 12.5. The van der Waals surface area contributed by atoms with Gasteiger partial charge in [0.15, 0.2) is 0 Å². The molecule has 0 amide bonds. The summed E-state index contributed by atoms with van der Waals surface area (Å²) in [4.78, 5) is 12.2. The van der Waals surface area contributed by atoms with Crippen molar-refractivity contribution in [1.29, 1.82) is 0 Å². The first-order chi connectivity index (χ1) is 15.9. The van der Waals surface area contributed by atoms with Crippen molar-refractivity contribution in [2.75, 3.05) is 6.61 Å². The van der Waals surface area contributed by atoms with Gasteiger partial charge in [-0.3, -0.25) is 4.79 Å². The van der Waals surface area contributed by atoms with Gasteiger partial charge in [-0.1, -0.05) is 60.2 Å². The van der Waals surface area contributed by atoms with E-state index in [1.165, 1.54) is 12.1 Å². The maximum Gasteiger partial charge on any atom is 0.339 e. The van der Waals surface area contributed by atoms with Crippen molar-refractivity contribution in [2.45, 2.75) is 44.2 Å². The van der Waals surface area contributed by atoms with Gasteiger partial charge in [-0.15, -0.1) is 0 Å². The lowest BCUT2D eigenvalue weighted by atomic mass is 10.0. The number of aryl methyl sites for hydroxylation is 1. The van der Waals surface area contributed by atoms with Crippen molar-refractivity contribution in [3.63, 3.8) is 0 Å². The summed E-state index contributed by atoms with van der Waals surface area (Å²) in [5.74, 6) is -0.0225. The molecule has 0 heterocycles. The standard InChI is InChI=1S/C26H29NO5S/c1-3-31-26(28)18-23(27-19-22-7-5-4-6-8-22)17-21-11-13-24(14-12-21)32-33(29,30)25-15-9-20(2)10-16-25/h4-16,23,27H,3,17-19H2,1-2H3. The predicted octanol–water partition coefficient (Wildman–Crippen LogP) is 4.42. The molecule has 3 aromatic rings. The molecular weight excluding hydrogens is 438 g/mol. The van der Waals surface area contributed by atoms with Gasteiger partial charge in [-0.2, -0.15) is 8.42 Å². The molecule has 3 aromatic carbocycles. The molecule has 7 heteroatoms. The van der Waals surface area contributed by atoms with Gasteiger partial charge < -0.3 is 14.2 Å². The summed E-state index contributed by atoms with van der Waals surface area (Å²) in [5.41, 5.74) is 3.04. The van der Waals surface area contributed by atoms with E-state index in [1.54, 1.807) is 31.2 Å². The van der Waals surface area contributed by atoms with Crippen LogP contribution in [0.2, 0.25) is 0 Å². The SMILES string of the molecule is CCOC(=O)CC(Cc1ccc(OS(=O)(=O)c2ccc(C)cc2)cc1)NCc1ccccc1. The molecule has 0 aliphatic rings. The van der Waals surface area contributed by atoms with E-state index in [-0.39, 0.29) is 29.1 Å². The highest BCUT2D eigenvalue weighted by molar-refractivity contribution is 7.87. The summed E-state index contributed by atoms with van der Waals surface area (Å²) in [6.45, 7) is 4.64. The Morgan fingerprint density at radius 3 is 2.21 bits per heavy atom. The van der Waals surface area contributed by atoms with Gasteiger partial charge in [0.05, 0.1) is 13.0 Å². The van der Waals surface area contributed by atoms with Gasteiger partial charge in [0.2, 0.25) is 0 Å². The van der Waals surface area contributed by atoms with Gasteiger partial charge in [0, 0.05) is 12.6 Å². The highest BCUT2D eigenvalue weighted by Crippen LogP contribution is 2.20. The van der Waals surface area contributed by atoms with Crippen molar-refractivity contribution in [1.82, 2.24) is 5.32 Å². The molecule has 3 rings (SSSR count). The molecule has 174 valence electrons. The summed E-state index contributed by atoms with van der Waals surface area (Å²) < 4.78 is 35.4. The number of benzene rings is 3. The molecule has 0 saturated heterocycles. The minimum Gasteiger partial charge on any atom is -0.466 e. The van der Waals surface area contributed by atoms with Crippen LogP contribution in [-0.2, 0) is 32.6 Å². The molecule has 0 saturated carbocycles. The van der Waals surface area contributed by atoms with E-state index in [0.717, 1.165) is 16.7 Å². The van der Waals surface area contributed by atoms with E-state index >= 15 is 0 Å². The topological polar surface area (TPSA) is 81.7 Å². The van der Waals surface area contributed by atoms with Crippen molar-refractivity contribution < 1.29 is 22.1 Å². The number of rotatable bonds is 11. The molecule has 0 fully saturated rings. The Balaban J connectivity index is 1.65. The minimum atomic E-state index is -3.90. The number of hydrogen-bond acceptors (Lipinski definition) is 6. The minimum absolute atomic E-state index is 0.108. The quantitative estimate of drug-likeness (QED) is 0.332. The molecule has 6 nitrogen and oxygen atoms in total. The number of esters is 1. The van der Waals surface area contributed by atoms with E-state index in [0.29, 0.717) is 19.6 Å². The number of ether oxygens (including phenoxy) is 1. The van der Waals surface area contributed by atoms with Crippen molar-refractivity contribution >= 4 is 16.1 Å². The smallest absolute Gasteiger partial charge is 0.339 e. The largest absolute Gasteiger partial charge is 0.466 e. The Morgan fingerprint density at radius 2 is 1.58 bits per heavy atom. The Morgan fingerprint density at radius 1 is 0.909 bits per heavy atom. The first-order valence-electron chi connectivity index (χ1n) is 10.9.